The second kappa shape index (κ2) is 6.73. The van der Waals surface area contributed by atoms with Crippen molar-refractivity contribution in [1.29, 1.82) is 0 Å². The Labute approximate surface area is 130 Å². The maximum Gasteiger partial charge on any atom is 0.359 e. The average Bonchev–Trinajstić information content (AvgIpc) is 2.76. The zero-order chi connectivity index (χ0) is 15.4. The third-order valence-electron chi connectivity index (χ3n) is 2.61. The van der Waals surface area contributed by atoms with E-state index in [2.05, 4.69) is 10.1 Å². The topological polar surface area (TPSA) is 57.0 Å². The van der Waals surface area contributed by atoms with E-state index in [1.807, 2.05) is 0 Å². The maximum atomic E-state index is 13.1. The van der Waals surface area contributed by atoms with E-state index in [-0.39, 0.29) is 24.0 Å². The summed E-state index contributed by atoms with van der Waals surface area (Å²) >= 11 is 11.0. The summed E-state index contributed by atoms with van der Waals surface area (Å²) in [5.74, 6) is -1.07. The molecule has 0 aliphatic carbocycles. The number of ether oxygens (including phenoxy) is 1. The van der Waals surface area contributed by atoms with Crippen LogP contribution < -0.4 is 0 Å². The molecule has 5 nitrogen and oxygen atoms in total. The van der Waals surface area contributed by atoms with Gasteiger partial charge in [0.2, 0.25) is 0 Å². The maximum absolute atomic E-state index is 13.1. The van der Waals surface area contributed by atoms with Crippen LogP contribution in [-0.4, -0.2) is 32.7 Å². The van der Waals surface area contributed by atoms with Crippen molar-refractivity contribution in [2.75, 3.05) is 6.61 Å². The quantitative estimate of drug-likeness (QED) is 0.624. The molecule has 110 valence electrons. The average molecular weight is 328 g/mol. The summed E-state index contributed by atoms with van der Waals surface area (Å²) in [6.45, 7) is 2.07. The number of carbonyl (C=O) groups excluding carboxylic acids is 1. The molecule has 0 aliphatic heterocycles. The van der Waals surface area contributed by atoms with Crippen LogP contribution in [0, 0.1) is 5.82 Å². The van der Waals surface area contributed by atoms with Crippen LogP contribution in [0.25, 0.3) is 0 Å². The Bertz CT molecular complexity index is 690. The van der Waals surface area contributed by atoms with Gasteiger partial charge in [0.15, 0.2) is 5.69 Å². The van der Waals surface area contributed by atoms with Crippen LogP contribution in [0.1, 0.15) is 28.5 Å². The van der Waals surface area contributed by atoms with Crippen LogP contribution >= 0.6 is 23.8 Å². The van der Waals surface area contributed by atoms with Crippen molar-refractivity contribution in [2.45, 2.75) is 13.5 Å². The SMILES string of the molecule is CCOC(=O)c1nn(Cc2cncc(F)c2)c(Cl)c1C=S. The van der Waals surface area contributed by atoms with E-state index in [1.165, 1.54) is 22.3 Å². The van der Waals surface area contributed by atoms with Gasteiger partial charge in [-0.05, 0) is 18.6 Å². The van der Waals surface area contributed by atoms with Crippen molar-refractivity contribution < 1.29 is 13.9 Å². The minimum atomic E-state index is -0.605. The van der Waals surface area contributed by atoms with Crippen molar-refractivity contribution >= 4 is 35.2 Å². The van der Waals surface area contributed by atoms with Crippen LogP contribution in [0.2, 0.25) is 5.15 Å². The number of carbonyl (C=O) groups is 1. The first-order chi connectivity index (χ1) is 10.1. The second-order valence-corrected chi connectivity index (χ2v) is 4.65. The number of hydrogen-bond donors (Lipinski definition) is 0. The molecule has 0 atom stereocenters. The highest BCUT2D eigenvalue weighted by molar-refractivity contribution is 7.79. The van der Waals surface area contributed by atoms with Crippen LogP contribution in [0.5, 0.6) is 0 Å². The van der Waals surface area contributed by atoms with Gasteiger partial charge < -0.3 is 4.74 Å². The molecule has 0 radical (unpaired) electrons. The van der Waals surface area contributed by atoms with E-state index in [0.29, 0.717) is 11.1 Å². The van der Waals surface area contributed by atoms with E-state index < -0.39 is 11.8 Å². The molecule has 0 fully saturated rings. The van der Waals surface area contributed by atoms with Crippen molar-refractivity contribution in [3.63, 3.8) is 0 Å². The monoisotopic (exact) mass is 327 g/mol. The highest BCUT2D eigenvalue weighted by Crippen LogP contribution is 2.20. The molecular weight excluding hydrogens is 317 g/mol. The number of aromatic nitrogens is 3. The number of hydrogen-bond acceptors (Lipinski definition) is 5. The zero-order valence-electron chi connectivity index (χ0n) is 11.0. The lowest BCUT2D eigenvalue weighted by atomic mass is 10.2. The minimum Gasteiger partial charge on any atom is -0.461 e. The normalized spacial score (nSPS) is 10.4. The molecule has 0 bridgehead atoms. The molecule has 2 heterocycles. The fraction of sp³-hybridized carbons (Fsp3) is 0.231. The standard InChI is InChI=1S/C13H11ClFN3O2S/c1-2-20-13(19)11-10(7-21)12(14)18(17-11)6-8-3-9(15)5-16-4-8/h3-5,7H,2,6H2,1H3. The number of pyridine rings is 1. The lowest BCUT2D eigenvalue weighted by Crippen LogP contribution is -2.09. The molecule has 0 unspecified atom stereocenters. The molecule has 0 saturated heterocycles. The van der Waals surface area contributed by atoms with Crippen molar-refractivity contribution in [3.05, 3.63) is 46.3 Å². The fourth-order valence-electron chi connectivity index (χ4n) is 1.73. The van der Waals surface area contributed by atoms with Gasteiger partial charge in [-0.3, -0.25) is 4.98 Å². The van der Waals surface area contributed by atoms with Crippen molar-refractivity contribution in [1.82, 2.24) is 14.8 Å². The molecule has 0 saturated carbocycles. The van der Waals surface area contributed by atoms with Gasteiger partial charge in [0, 0.05) is 11.6 Å². The summed E-state index contributed by atoms with van der Waals surface area (Å²) in [5, 5.41) is 5.54. The molecule has 0 N–H and O–H groups in total. The number of nitrogens with zero attached hydrogens (tertiary/aromatic N) is 3. The lowest BCUT2D eigenvalue weighted by molar-refractivity contribution is 0.0518. The summed E-state index contributed by atoms with van der Waals surface area (Å²) in [5.41, 5.74) is 0.918. The van der Waals surface area contributed by atoms with Crippen LogP contribution in [0.4, 0.5) is 4.39 Å². The molecule has 21 heavy (non-hydrogen) atoms. The molecule has 0 aromatic carbocycles. The summed E-state index contributed by atoms with van der Waals surface area (Å²) in [4.78, 5) is 15.5. The van der Waals surface area contributed by atoms with E-state index in [1.54, 1.807) is 6.92 Å². The van der Waals surface area contributed by atoms with E-state index in [9.17, 15) is 9.18 Å². The van der Waals surface area contributed by atoms with E-state index in [0.717, 1.165) is 6.20 Å². The largest absolute Gasteiger partial charge is 0.461 e. The van der Waals surface area contributed by atoms with Gasteiger partial charge in [-0.25, -0.2) is 13.9 Å². The Morgan fingerprint density at radius 1 is 1.57 bits per heavy atom. The van der Waals surface area contributed by atoms with Gasteiger partial charge in [0.05, 0.1) is 24.9 Å². The van der Waals surface area contributed by atoms with Crippen molar-refractivity contribution in [2.24, 2.45) is 0 Å². The Morgan fingerprint density at radius 3 is 2.95 bits per heavy atom. The van der Waals surface area contributed by atoms with Gasteiger partial charge in [0.25, 0.3) is 0 Å². The molecule has 2 aromatic heterocycles. The van der Waals surface area contributed by atoms with Crippen LogP contribution in [-0.2, 0) is 11.3 Å². The Hall–Kier alpha value is -1.86. The fourth-order valence-corrected chi connectivity index (χ4v) is 2.26. The lowest BCUT2D eigenvalue weighted by Gasteiger charge is -2.03. The Kier molecular flexibility index (Phi) is 4.98. The minimum absolute atomic E-state index is 0.0428. The second-order valence-electron chi connectivity index (χ2n) is 4.06. The molecule has 0 aliphatic rings. The smallest absolute Gasteiger partial charge is 0.359 e. The first kappa shape index (κ1) is 15.5. The molecule has 2 rings (SSSR count). The van der Waals surface area contributed by atoms with Gasteiger partial charge in [-0.15, -0.1) is 0 Å². The van der Waals surface area contributed by atoms with E-state index in [4.69, 9.17) is 28.6 Å². The van der Waals surface area contributed by atoms with Crippen LogP contribution in [0.3, 0.4) is 0 Å². The number of rotatable bonds is 5. The molecular formula is C13H11ClFN3O2S. The highest BCUT2D eigenvalue weighted by atomic mass is 35.5. The number of thiocarbonyl (C=S) groups is 1. The predicted octanol–water partition coefficient (Wildman–Crippen LogP) is 2.64. The molecule has 2 aromatic rings. The summed E-state index contributed by atoms with van der Waals surface area (Å²) in [6.07, 6.45) is 2.59. The number of esters is 1. The third kappa shape index (κ3) is 3.43. The molecule has 8 heteroatoms. The van der Waals surface area contributed by atoms with E-state index >= 15 is 0 Å². The van der Waals surface area contributed by atoms with Gasteiger partial charge in [-0.1, -0.05) is 23.8 Å². The van der Waals surface area contributed by atoms with Crippen LogP contribution in [0.15, 0.2) is 18.5 Å². The summed E-state index contributed by atoms with van der Waals surface area (Å²) in [7, 11) is 0. The summed E-state index contributed by atoms with van der Waals surface area (Å²) < 4.78 is 19.4. The molecule has 0 spiro atoms. The Balaban J connectivity index is 2.36. The Morgan fingerprint density at radius 2 is 2.33 bits per heavy atom. The zero-order valence-corrected chi connectivity index (χ0v) is 12.6. The third-order valence-corrected chi connectivity index (χ3v) is 3.24. The highest BCUT2D eigenvalue weighted by Gasteiger charge is 2.21. The van der Waals surface area contributed by atoms with Crippen molar-refractivity contribution in [3.8, 4) is 0 Å². The first-order valence-corrected chi connectivity index (χ1v) is 6.89. The summed E-state index contributed by atoms with van der Waals surface area (Å²) in [6, 6.07) is 1.31. The first-order valence-electron chi connectivity index (χ1n) is 6.04. The number of halogens is 2. The van der Waals surface area contributed by atoms with Gasteiger partial charge in [0.1, 0.15) is 11.0 Å². The molecule has 0 amide bonds. The predicted molar refractivity (Wildman–Crippen MR) is 79.2 cm³/mol. The van der Waals surface area contributed by atoms with Gasteiger partial charge in [-0.2, -0.15) is 5.10 Å². The van der Waals surface area contributed by atoms with Gasteiger partial charge >= 0.3 is 5.97 Å².